The number of hydrogen-bond donors (Lipinski definition) is 1. The minimum absolute atomic E-state index is 0.0801. The van der Waals surface area contributed by atoms with Crippen molar-refractivity contribution in [3.8, 4) is 11.3 Å². The lowest BCUT2D eigenvalue weighted by Crippen LogP contribution is -2.07. The minimum atomic E-state index is -0.747. The standard InChI is InChI=1S/C18H11F2N3O3S/c19-12-5-6-14(15(20)9-12)16-10-27-18(21-16)22-17(24)7-4-11-2-1-3-13(8-11)23(25)26/h1-10H,(H,21,22,24). The van der Waals surface area contributed by atoms with Gasteiger partial charge in [0.25, 0.3) is 5.69 Å². The molecule has 0 bridgehead atoms. The highest BCUT2D eigenvalue weighted by Crippen LogP contribution is 2.27. The summed E-state index contributed by atoms with van der Waals surface area (Å²) in [6, 6.07) is 8.97. The molecule has 1 heterocycles. The van der Waals surface area contributed by atoms with Gasteiger partial charge in [-0.3, -0.25) is 20.2 Å². The van der Waals surface area contributed by atoms with Gasteiger partial charge < -0.3 is 0 Å². The number of nitrogens with one attached hydrogen (secondary N) is 1. The van der Waals surface area contributed by atoms with Gasteiger partial charge in [0.2, 0.25) is 5.91 Å². The van der Waals surface area contributed by atoms with Gasteiger partial charge in [0.1, 0.15) is 11.6 Å². The van der Waals surface area contributed by atoms with Crippen molar-refractivity contribution >= 4 is 34.1 Å². The average molecular weight is 387 g/mol. The van der Waals surface area contributed by atoms with E-state index in [1.807, 2.05) is 0 Å². The van der Waals surface area contributed by atoms with Crippen LogP contribution in [-0.4, -0.2) is 15.8 Å². The molecule has 136 valence electrons. The molecule has 6 nitrogen and oxygen atoms in total. The maximum atomic E-state index is 13.8. The van der Waals surface area contributed by atoms with Crippen LogP contribution in [0.1, 0.15) is 5.56 Å². The summed E-state index contributed by atoms with van der Waals surface area (Å²) in [5.41, 5.74) is 0.812. The summed E-state index contributed by atoms with van der Waals surface area (Å²) in [6.45, 7) is 0. The van der Waals surface area contributed by atoms with Crippen LogP contribution in [0.4, 0.5) is 19.6 Å². The second kappa shape index (κ2) is 7.83. The van der Waals surface area contributed by atoms with Gasteiger partial charge in [0, 0.05) is 35.2 Å². The first-order valence-corrected chi connectivity index (χ1v) is 8.45. The fraction of sp³-hybridized carbons (Fsp3) is 0. The summed E-state index contributed by atoms with van der Waals surface area (Å²) in [7, 11) is 0. The maximum Gasteiger partial charge on any atom is 0.270 e. The molecule has 0 aliphatic rings. The Morgan fingerprint density at radius 2 is 2.04 bits per heavy atom. The Kier molecular flexibility index (Phi) is 5.32. The normalized spacial score (nSPS) is 10.9. The Morgan fingerprint density at radius 3 is 2.78 bits per heavy atom. The maximum absolute atomic E-state index is 13.8. The zero-order chi connectivity index (χ0) is 19.4. The third-order valence-electron chi connectivity index (χ3n) is 3.45. The Hall–Kier alpha value is -3.46. The molecular weight excluding hydrogens is 376 g/mol. The highest BCUT2D eigenvalue weighted by Gasteiger charge is 2.11. The van der Waals surface area contributed by atoms with Crippen molar-refractivity contribution in [3.05, 3.63) is 81.2 Å². The molecule has 0 aliphatic carbocycles. The summed E-state index contributed by atoms with van der Waals surface area (Å²) >= 11 is 1.09. The Morgan fingerprint density at radius 1 is 1.22 bits per heavy atom. The lowest BCUT2D eigenvalue weighted by atomic mass is 10.1. The van der Waals surface area contributed by atoms with Crippen molar-refractivity contribution < 1.29 is 18.5 Å². The van der Waals surface area contributed by atoms with E-state index in [1.54, 1.807) is 6.07 Å². The number of anilines is 1. The van der Waals surface area contributed by atoms with Crippen LogP contribution in [0, 0.1) is 21.7 Å². The van der Waals surface area contributed by atoms with E-state index in [9.17, 15) is 23.7 Å². The van der Waals surface area contributed by atoms with E-state index < -0.39 is 22.5 Å². The van der Waals surface area contributed by atoms with Crippen LogP contribution in [0.15, 0.2) is 53.9 Å². The minimum Gasteiger partial charge on any atom is -0.298 e. The van der Waals surface area contributed by atoms with Gasteiger partial charge in [-0.05, 0) is 23.8 Å². The lowest BCUT2D eigenvalue weighted by Gasteiger charge is -1.99. The van der Waals surface area contributed by atoms with Gasteiger partial charge in [0.05, 0.1) is 10.6 Å². The molecule has 0 atom stereocenters. The predicted molar refractivity (Wildman–Crippen MR) is 98.2 cm³/mol. The summed E-state index contributed by atoms with van der Waals surface area (Å²) in [5.74, 6) is -1.93. The van der Waals surface area contributed by atoms with Crippen molar-refractivity contribution in [2.75, 3.05) is 5.32 Å². The van der Waals surface area contributed by atoms with E-state index in [0.717, 1.165) is 23.5 Å². The molecule has 1 N–H and O–H groups in total. The van der Waals surface area contributed by atoms with Gasteiger partial charge in [-0.15, -0.1) is 11.3 Å². The van der Waals surface area contributed by atoms with E-state index in [2.05, 4.69) is 10.3 Å². The zero-order valence-electron chi connectivity index (χ0n) is 13.6. The summed E-state index contributed by atoms with van der Waals surface area (Å²) < 4.78 is 26.8. The molecule has 2 aromatic carbocycles. The number of nitro groups is 1. The molecule has 1 amide bonds. The third kappa shape index (κ3) is 4.59. The molecule has 0 saturated carbocycles. The number of thiazole rings is 1. The Bertz CT molecular complexity index is 1050. The van der Waals surface area contributed by atoms with Crippen molar-refractivity contribution in [1.82, 2.24) is 4.98 Å². The van der Waals surface area contributed by atoms with Crippen LogP contribution in [0.3, 0.4) is 0 Å². The van der Waals surface area contributed by atoms with Gasteiger partial charge in [-0.2, -0.15) is 0 Å². The van der Waals surface area contributed by atoms with Crippen molar-refractivity contribution in [2.24, 2.45) is 0 Å². The first-order valence-electron chi connectivity index (χ1n) is 7.57. The van der Waals surface area contributed by atoms with Gasteiger partial charge in [0.15, 0.2) is 5.13 Å². The van der Waals surface area contributed by atoms with E-state index in [4.69, 9.17) is 0 Å². The molecule has 0 fully saturated rings. The SMILES string of the molecule is O=C(C=Cc1cccc([N+](=O)[O-])c1)Nc1nc(-c2ccc(F)cc2F)cs1. The number of amides is 1. The van der Waals surface area contributed by atoms with E-state index in [1.165, 1.54) is 41.8 Å². The number of hydrogen-bond acceptors (Lipinski definition) is 5. The second-order valence-electron chi connectivity index (χ2n) is 5.34. The first-order chi connectivity index (χ1) is 12.9. The smallest absolute Gasteiger partial charge is 0.270 e. The summed E-state index contributed by atoms with van der Waals surface area (Å²) in [6.07, 6.45) is 2.63. The number of carbonyl (C=O) groups excluding carboxylic acids is 1. The highest BCUT2D eigenvalue weighted by atomic mass is 32.1. The number of nitro benzene ring substituents is 1. The topological polar surface area (TPSA) is 85.1 Å². The molecule has 0 unspecified atom stereocenters. The van der Waals surface area contributed by atoms with Gasteiger partial charge >= 0.3 is 0 Å². The molecule has 27 heavy (non-hydrogen) atoms. The average Bonchev–Trinajstić information content (AvgIpc) is 3.08. The number of carbonyl (C=O) groups is 1. The number of halogens is 2. The Balaban J connectivity index is 1.69. The van der Waals surface area contributed by atoms with E-state index in [0.29, 0.717) is 5.56 Å². The number of rotatable bonds is 5. The first kappa shape index (κ1) is 18.3. The molecule has 3 rings (SSSR count). The number of non-ortho nitro benzene ring substituents is 1. The molecule has 0 saturated heterocycles. The number of nitrogens with zero attached hydrogens (tertiary/aromatic N) is 2. The monoisotopic (exact) mass is 387 g/mol. The van der Waals surface area contributed by atoms with Crippen LogP contribution in [0.5, 0.6) is 0 Å². The fourth-order valence-electron chi connectivity index (χ4n) is 2.21. The zero-order valence-corrected chi connectivity index (χ0v) is 14.4. The largest absolute Gasteiger partial charge is 0.298 e. The fourth-order valence-corrected chi connectivity index (χ4v) is 2.93. The predicted octanol–water partition coefficient (Wildman–Crippen LogP) is 4.65. The number of benzene rings is 2. The lowest BCUT2D eigenvalue weighted by molar-refractivity contribution is -0.384. The quantitative estimate of drug-likeness (QED) is 0.392. The summed E-state index contributed by atoms with van der Waals surface area (Å²) in [4.78, 5) is 26.3. The van der Waals surface area contributed by atoms with Crippen molar-refractivity contribution in [1.29, 1.82) is 0 Å². The van der Waals surface area contributed by atoms with E-state index in [-0.39, 0.29) is 22.1 Å². The van der Waals surface area contributed by atoms with Crippen LogP contribution >= 0.6 is 11.3 Å². The van der Waals surface area contributed by atoms with Gasteiger partial charge in [-0.25, -0.2) is 13.8 Å². The van der Waals surface area contributed by atoms with Crippen LogP contribution in [0.2, 0.25) is 0 Å². The van der Waals surface area contributed by atoms with Gasteiger partial charge in [-0.1, -0.05) is 12.1 Å². The molecule has 0 radical (unpaired) electrons. The van der Waals surface area contributed by atoms with Crippen LogP contribution in [-0.2, 0) is 4.79 Å². The van der Waals surface area contributed by atoms with Crippen molar-refractivity contribution in [3.63, 3.8) is 0 Å². The molecule has 1 aromatic heterocycles. The van der Waals surface area contributed by atoms with Crippen molar-refractivity contribution in [2.45, 2.75) is 0 Å². The molecule has 0 spiro atoms. The summed E-state index contributed by atoms with van der Waals surface area (Å²) in [5, 5.41) is 15.0. The molecular formula is C18H11F2N3O3S. The highest BCUT2D eigenvalue weighted by molar-refractivity contribution is 7.14. The van der Waals surface area contributed by atoms with Crippen LogP contribution < -0.4 is 5.32 Å². The third-order valence-corrected chi connectivity index (χ3v) is 4.21. The second-order valence-corrected chi connectivity index (χ2v) is 6.19. The molecule has 0 aliphatic heterocycles. The number of aromatic nitrogens is 1. The molecule has 9 heteroatoms. The van der Waals surface area contributed by atoms with Crippen LogP contribution in [0.25, 0.3) is 17.3 Å². The van der Waals surface area contributed by atoms with E-state index >= 15 is 0 Å². The molecule has 3 aromatic rings. The Labute approximate surface area is 156 Å².